The van der Waals surface area contributed by atoms with E-state index in [1.807, 2.05) is 0 Å². The predicted molar refractivity (Wildman–Crippen MR) is 351 cm³/mol. The van der Waals surface area contributed by atoms with E-state index in [-0.39, 0.29) is 62.0 Å². The molecule has 4 unspecified atom stereocenters. The van der Waals surface area contributed by atoms with Crippen LogP contribution in [0.2, 0.25) is 5.28 Å². The number of aliphatic hydroxyl groups is 12. The Morgan fingerprint density at radius 2 is 0.769 bits per heavy atom. The zero-order valence-corrected chi connectivity index (χ0v) is 58.5. The van der Waals surface area contributed by atoms with Crippen molar-refractivity contribution in [1.29, 1.82) is 0 Å². The third kappa shape index (κ3) is 19.6. The maximum Gasteiger partial charge on any atom is 0.413 e. The van der Waals surface area contributed by atoms with Crippen molar-refractivity contribution in [2.24, 2.45) is 0 Å². The largest absolute Gasteiger partial charge is 0.444 e. The molecule has 4 fully saturated rings. The molecule has 16 atom stereocenters. The molecule has 7 aromatic rings. The number of aromatic nitrogens is 14. The number of amides is 4. The summed E-state index contributed by atoms with van der Waals surface area (Å²) in [6.07, 6.45) is -16.8. The monoisotopic (exact) mass is 1500 g/mol. The summed E-state index contributed by atoms with van der Waals surface area (Å²) in [5, 5.41) is 126. The van der Waals surface area contributed by atoms with Gasteiger partial charge in [-0.15, -0.1) is 0 Å². The van der Waals surface area contributed by atoms with Gasteiger partial charge in [-0.3, -0.25) is 39.5 Å². The van der Waals surface area contributed by atoms with Gasteiger partial charge >= 0.3 is 36.1 Å². The molecule has 0 radical (unpaired) electrons. The number of nitrogens with one attached hydrogen (secondary N) is 4. The van der Waals surface area contributed by atoms with Gasteiger partial charge in [0, 0.05) is 6.20 Å². The fourth-order valence-corrected chi connectivity index (χ4v) is 10.3. The summed E-state index contributed by atoms with van der Waals surface area (Å²) < 4.78 is 60.9. The van der Waals surface area contributed by atoms with E-state index < -0.39 is 183 Å². The number of imidazole rings is 3. The first-order valence-electron chi connectivity index (χ1n) is 31.6. The standard InChI is InChI=1S/C15H20ClN5O6.C15H20FN5O6.C15H21N5O6.C14H21N3O7/c2*1-15(2,3)27-14(25)19-10-7-11(20-13(16)18-10)21(5-17-7)12-9(24)8(23)6(4-22)26-12;1-15(2,3)26-14(24)19-11-8-12(17-5-16-11)20(6-18-8)13-10(23)9(22)7(4-21)25-13;1-14(2,3)24-13(22)16-8-4-5-17(12(21)15-8)11-10(20)9(19)7(6-18)23-11/h2*5-6,8-9,12,22-24H,4H2,1-3H3,(H,18,19,20,25);5-7,9-10,13,21-23H,4H2,1-3H3,(H,16,17,19,24);4-5,7,9-11,18-20H,6H2,1-3H3,(H,15,16,21,22)/t2*6-,8?,9-,12-;7-,9?,10-,13-;7-,9?,10-,11-/m1111/s1. The highest BCUT2D eigenvalue weighted by Gasteiger charge is 2.48. The molecule has 104 heavy (non-hydrogen) atoms. The van der Waals surface area contributed by atoms with Gasteiger partial charge in [0.15, 0.2) is 75.9 Å². The minimum atomic E-state index is -1.40. The normalized spacial score (nSPS) is 26.2. The van der Waals surface area contributed by atoms with Crippen molar-refractivity contribution in [2.45, 2.75) is 204 Å². The quantitative estimate of drug-likeness (QED) is 0.0534. The van der Waals surface area contributed by atoms with Crippen LogP contribution < -0.4 is 27.0 Å². The second-order valence-corrected chi connectivity index (χ2v) is 27.6. The number of carbonyl (C=O) groups is 4. The van der Waals surface area contributed by atoms with Crippen LogP contribution in [-0.4, -0.2) is 276 Å². The summed E-state index contributed by atoms with van der Waals surface area (Å²) in [6, 6.07) is 1.32. The third-order valence-electron chi connectivity index (χ3n) is 14.6. The SMILES string of the molecule is CC(C)(C)OC(=O)Nc1ccn([C@@H]2O[C@H](CO)C(O)[C@H]2O)c(=O)n1.CC(C)(C)OC(=O)Nc1nc(Cl)nc2c1ncn2[C@@H]1O[C@H](CO)C(O)[C@H]1O.CC(C)(C)OC(=O)Nc1nc(F)nc2c1ncn2[C@@H]1O[C@H](CO)C(O)[C@H]1O.CC(C)(C)OC(=O)Nc1ncnc2c1ncn2[C@@H]1O[C@H](CO)C(O)[C@H]1O. The second-order valence-electron chi connectivity index (χ2n) is 27.3. The Morgan fingerprint density at radius 3 is 1.12 bits per heavy atom. The lowest BCUT2D eigenvalue weighted by atomic mass is 10.1. The van der Waals surface area contributed by atoms with Gasteiger partial charge in [0.05, 0.1) is 45.4 Å². The number of halogens is 2. The maximum absolute atomic E-state index is 13.9. The van der Waals surface area contributed by atoms with Gasteiger partial charge in [-0.05, 0) is 101 Å². The molecular weight excluding hydrogens is 1420 g/mol. The lowest BCUT2D eigenvalue weighted by molar-refractivity contribution is -0.0549. The minimum Gasteiger partial charge on any atom is -0.444 e. The highest BCUT2D eigenvalue weighted by atomic mass is 35.5. The fourth-order valence-electron chi connectivity index (χ4n) is 10.2. The van der Waals surface area contributed by atoms with Gasteiger partial charge in [-0.1, -0.05) is 0 Å². The zero-order chi connectivity index (χ0) is 77.0. The van der Waals surface area contributed by atoms with E-state index >= 15 is 0 Å². The van der Waals surface area contributed by atoms with Crippen molar-refractivity contribution in [3.63, 3.8) is 0 Å². The van der Waals surface area contributed by atoms with Crippen LogP contribution in [0.25, 0.3) is 33.5 Å². The first-order chi connectivity index (χ1) is 48.5. The number of carbonyl (C=O) groups excluding carboxylic acids is 4. The van der Waals surface area contributed by atoms with Crippen LogP contribution in [0, 0.1) is 6.08 Å². The summed E-state index contributed by atoms with van der Waals surface area (Å²) in [5.41, 5.74) is -2.83. The maximum atomic E-state index is 13.9. The van der Waals surface area contributed by atoms with Crippen molar-refractivity contribution in [1.82, 2.24) is 68.1 Å². The van der Waals surface area contributed by atoms with E-state index in [0.29, 0.717) is 0 Å². The Kier molecular flexibility index (Phi) is 25.4. The lowest BCUT2D eigenvalue weighted by Crippen LogP contribution is -2.36. The van der Waals surface area contributed by atoms with Gasteiger partial charge in [-0.2, -0.15) is 29.3 Å². The van der Waals surface area contributed by atoms with Crippen LogP contribution in [0.3, 0.4) is 0 Å². The molecule has 43 nitrogen and oxygen atoms in total. The van der Waals surface area contributed by atoms with Crippen molar-refractivity contribution in [3.05, 3.63) is 59.4 Å². The Bertz CT molecular complexity index is 4080. The highest BCUT2D eigenvalue weighted by molar-refractivity contribution is 6.28. The molecule has 4 amide bonds. The fraction of sp³-hybridized carbons (Fsp3) is 0.610. The van der Waals surface area contributed by atoms with Crippen molar-refractivity contribution in [2.75, 3.05) is 47.7 Å². The predicted octanol–water partition coefficient (Wildman–Crippen LogP) is -0.651. The third-order valence-corrected chi connectivity index (χ3v) is 14.8. The summed E-state index contributed by atoms with van der Waals surface area (Å²) in [7, 11) is 0. The van der Waals surface area contributed by atoms with Crippen LogP contribution in [0.5, 0.6) is 0 Å². The molecule has 0 bridgehead atoms. The van der Waals surface area contributed by atoms with E-state index in [2.05, 4.69) is 71.1 Å². The molecule has 4 saturated heterocycles. The van der Waals surface area contributed by atoms with Crippen LogP contribution >= 0.6 is 11.6 Å². The van der Waals surface area contributed by atoms with E-state index in [1.165, 1.54) is 51.3 Å². The molecule has 7 aromatic heterocycles. The number of hydrogen-bond donors (Lipinski definition) is 16. The number of nitrogens with zero attached hydrogens (tertiary/aromatic N) is 14. The highest BCUT2D eigenvalue weighted by Crippen LogP contribution is 2.37. The summed E-state index contributed by atoms with van der Waals surface area (Å²) in [6.45, 7) is 18.5. The van der Waals surface area contributed by atoms with Crippen LogP contribution in [0.15, 0.2) is 42.4 Å². The number of ether oxygens (including phenoxy) is 8. The molecule has 11 rings (SSSR count). The average Bonchev–Trinajstić information content (AvgIpc) is 1.63. The van der Waals surface area contributed by atoms with Crippen molar-refractivity contribution in [3.8, 4) is 0 Å². The van der Waals surface area contributed by atoms with Crippen molar-refractivity contribution >= 4 is 92.7 Å². The molecule has 0 aliphatic carbocycles. The Labute approximate surface area is 592 Å². The number of fused-ring (bicyclic) bond motifs is 3. The second kappa shape index (κ2) is 32.7. The molecule has 572 valence electrons. The smallest absolute Gasteiger partial charge is 0.413 e. The summed E-state index contributed by atoms with van der Waals surface area (Å²) in [4.78, 5) is 98.9. The van der Waals surface area contributed by atoms with Gasteiger partial charge in [-0.25, -0.2) is 48.9 Å². The van der Waals surface area contributed by atoms with Crippen molar-refractivity contribution < 1.29 is 123 Å². The van der Waals surface area contributed by atoms with Crippen LogP contribution in [0.4, 0.5) is 46.8 Å². The first-order valence-corrected chi connectivity index (χ1v) is 32.0. The minimum absolute atomic E-state index is 0.0183. The molecule has 0 saturated carbocycles. The van der Waals surface area contributed by atoms with E-state index in [9.17, 15) is 84.5 Å². The summed E-state index contributed by atoms with van der Waals surface area (Å²) in [5.74, 6) is -0.103. The van der Waals surface area contributed by atoms with E-state index in [4.69, 9.17) is 54.6 Å². The van der Waals surface area contributed by atoms with E-state index in [1.54, 1.807) is 83.1 Å². The lowest BCUT2D eigenvalue weighted by Gasteiger charge is -2.20. The Hall–Kier alpha value is -8.81. The molecule has 45 heteroatoms. The van der Waals surface area contributed by atoms with Gasteiger partial charge in [0.25, 0.3) is 0 Å². The average molecular weight is 1500 g/mol. The first kappa shape index (κ1) is 80.9. The van der Waals surface area contributed by atoms with Gasteiger partial charge < -0.3 is 99.2 Å². The molecule has 0 aromatic carbocycles. The van der Waals surface area contributed by atoms with Crippen LogP contribution in [0.1, 0.15) is 108 Å². The molecule has 4 aliphatic heterocycles. The molecule has 11 heterocycles. The number of hydrogen-bond acceptors (Lipinski definition) is 35. The number of aliphatic hydroxyl groups excluding tert-OH is 12. The zero-order valence-electron chi connectivity index (χ0n) is 57.7. The van der Waals surface area contributed by atoms with Gasteiger partial charge in [0.1, 0.15) is 108 Å². The topological polar surface area (TPSA) is 599 Å². The molecule has 16 N–H and O–H groups in total. The summed E-state index contributed by atoms with van der Waals surface area (Å²) >= 11 is 5.95. The number of anilines is 4. The van der Waals surface area contributed by atoms with Gasteiger partial charge in [0.2, 0.25) is 5.28 Å². The van der Waals surface area contributed by atoms with Crippen LogP contribution in [-0.2, 0) is 37.9 Å². The molecule has 0 spiro atoms. The molecule has 4 aliphatic rings. The number of rotatable bonds is 12. The molecular formula is C59H82ClFN18O25. The van der Waals surface area contributed by atoms with E-state index in [0.717, 1.165) is 4.57 Å². The Balaban J connectivity index is 0.000000176. The Morgan fingerprint density at radius 1 is 0.442 bits per heavy atom.